The van der Waals surface area contributed by atoms with Crippen LogP contribution in [0.25, 0.3) is 0 Å². The van der Waals surface area contributed by atoms with Gasteiger partial charge in [0.2, 0.25) is 5.91 Å². The number of hydrogen-bond donors (Lipinski definition) is 4. The Labute approximate surface area is 299 Å². The SMILES string of the molecule is CCCCCCCCCCCCCC/C=C\CCCCCCCCCCC(=O)NC(CO)C(O)C(O)CCCCCCCCCCCC. The lowest BCUT2D eigenvalue weighted by Gasteiger charge is -2.26. The van der Waals surface area contributed by atoms with E-state index in [4.69, 9.17) is 0 Å². The zero-order chi connectivity index (χ0) is 35.2. The Morgan fingerprint density at radius 2 is 0.833 bits per heavy atom. The molecule has 48 heavy (non-hydrogen) atoms. The fraction of sp³-hybridized carbons (Fsp3) is 0.930. The fourth-order valence-corrected chi connectivity index (χ4v) is 6.75. The second-order valence-electron chi connectivity index (χ2n) is 14.9. The molecule has 0 fully saturated rings. The van der Waals surface area contributed by atoms with Crippen molar-refractivity contribution in [2.75, 3.05) is 6.61 Å². The van der Waals surface area contributed by atoms with E-state index >= 15 is 0 Å². The van der Waals surface area contributed by atoms with Crippen LogP contribution in [0.15, 0.2) is 12.2 Å². The molecule has 4 N–H and O–H groups in total. The summed E-state index contributed by atoms with van der Waals surface area (Å²) in [5.74, 6) is -0.147. The maximum Gasteiger partial charge on any atom is 0.220 e. The predicted molar refractivity (Wildman–Crippen MR) is 208 cm³/mol. The zero-order valence-corrected chi connectivity index (χ0v) is 32.4. The third-order valence-electron chi connectivity index (χ3n) is 10.1. The van der Waals surface area contributed by atoms with Gasteiger partial charge in [0.15, 0.2) is 0 Å². The van der Waals surface area contributed by atoms with Crippen LogP contribution >= 0.6 is 0 Å². The number of aliphatic hydroxyl groups is 3. The van der Waals surface area contributed by atoms with Crippen LogP contribution in [0.3, 0.4) is 0 Å². The molecule has 0 saturated carbocycles. The summed E-state index contributed by atoms with van der Waals surface area (Å²) in [4.78, 5) is 12.4. The highest BCUT2D eigenvalue weighted by atomic mass is 16.3. The van der Waals surface area contributed by atoms with Gasteiger partial charge in [0.05, 0.1) is 18.8 Å². The van der Waals surface area contributed by atoms with Gasteiger partial charge in [0, 0.05) is 6.42 Å². The molecule has 0 aromatic carbocycles. The number of amides is 1. The molecule has 0 heterocycles. The van der Waals surface area contributed by atoms with Crippen LogP contribution in [0, 0.1) is 0 Å². The molecular weight excluding hydrogens is 594 g/mol. The number of nitrogens with one attached hydrogen (secondary N) is 1. The van der Waals surface area contributed by atoms with Crippen molar-refractivity contribution in [3.63, 3.8) is 0 Å². The van der Waals surface area contributed by atoms with Gasteiger partial charge in [0.1, 0.15) is 6.10 Å². The van der Waals surface area contributed by atoms with E-state index in [1.165, 1.54) is 167 Å². The normalized spacial score (nSPS) is 13.7. The highest BCUT2D eigenvalue weighted by molar-refractivity contribution is 5.76. The Hall–Kier alpha value is -0.910. The van der Waals surface area contributed by atoms with E-state index in [0.717, 1.165) is 38.5 Å². The first-order valence-corrected chi connectivity index (χ1v) is 21.5. The smallest absolute Gasteiger partial charge is 0.220 e. The van der Waals surface area contributed by atoms with E-state index in [-0.39, 0.29) is 12.5 Å². The van der Waals surface area contributed by atoms with E-state index in [0.29, 0.717) is 12.8 Å². The van der Waals surface area contributed by atoms with Crippen molar-refractivity contribution in [2.24, 2.45) is 0 Å². The number of carbonyl (C=O) groups excluding carboxylic acids is 1. The number of rotatable bonds is 39. The maximum atomic E-state index is 12.4. The van der Waals surface area contributed by atoms with Crippen LogP contribution in [0.4, 0.5) is 0 Å². The molecule has 0 saturated heterocycles. The van der Waals surface area contributed by atoms with Gasteiger partial charge in [-0.3, -0.25) is 4.79 Å². The molecule has 3 unspecified atom stereocenters. The maximum absolute atomic E-state index is 12.4. The van der Waals surface area contributed by atoms with Crippen molar-refractivity contribution in [1.29, 1.82) is 0 Å². The fourth-order valence-electron chi connectivity index (χ4n) is 6.75. The van der Waals surface area contributed by atoms with Crippen LogP contribution in [0.5, 0.6) is 0 Å². The highest BCUT2D eigenvalue weighted by Crippen LogP contribution is 2.16. The average Bonchev–Trinajstić information content (AvgIpc) is 3.09. The number of unbranched alkanes of at least 4 members (excludes halogenated alkanes) is 29. The monoisotopic (exact) mass is 680 g/mol. The van der Waals surface area contributed by atoms with Gasteiger partial charge in [-0.2, -0.15) is 0 Å². The van der Waals surface area contributed by atoms with Crippen molar-refractivity contribution in [1.82, 2.24) is 5.32 Å². The molecule has 0 radical (unpaired) electrons. The van der Waals surface area contributed by atoms with Gasteiger partial charge in [-0.25, -0.2) is 0 Å². The molecular formula is C43H85NO4. The molecule has 286 valence electrons. The van der Waals surface area contributed by atoms with Crippen molar-refractivity contribution >= 4 is 5.91 Å². The van der Waals surface area contributed by atoms with Gasteiger partial charge < -0.3 is 20.6 Å². The van der Waals surface area contributed by atoms with Crippen LogP contribution in [-0.2, 0) is 4.79 Å². The average molecular weight is 680 g/mol. The highest BCUT2D eigenvalue weighted by Gasteiger charge is 2.26. The minimum absolute atomic E-state index is 0.147. The van der Waals surface area contributed by atoms with Crippen molar-refractivity contribution < 1.29 is 20.1 Å². The summed E-state index contributed by atoms with van der Waals surface area (Å²) in [5.41, 5.74) is 0. The second kappa shape index (κ2) is 38.9. The van der Waals surface area contributed by atoms with Crippen LogP contribution < -0.4 is 5.32 Å². The van der Waals surface area contributed by atoms with Gasteiger partial charge in [-0.05, 0) is 38.5 Å². The number of allylic oxidation sites excluding steroid dienone is 2. The zero-order valence-electron chi connectivity index (χ0n) is 32.4. The Bertz CT molecular complexity index is 669. The summed E-state index contributed by atoms with van der Waals surface area (Å²) in [6.45, 7) is 4.17. The summed E-state index contributed by atoms with van der Waals surface area (Å²) >= 11 is 0. The molecule has 0 spiro atoms. The first-order chi connectivity index (χ1) is 23.6. The Morgan fingerprint density at radius 1 is 0.500 bits per heavy atom. The summed E-state index contributed by atoms with van der Waals surface area (Å²) in [5, 5.41) is 33.4. The summed E-state index contributed by atoms with van der Waals surface area (Å²) in [6, 6.07) is -0.806. The molecule has 0 aromatic heterocycles. The summed E-state index contributed by atoms with van der Waals surface area (Å²) < 4.78 is 0. The summed E-state index contributed by atoms with van der Waals surface area (Å²) in [7, 11) is 0. The molecule has 0 aromatic rings. The minimum atomic E-state index is -1.13. The van der Waals surface area contributed by atoms with Gasteiger partial charge in [-0.15, -0.1) is 0 Å². The minimum Gasteiger partial charge on any atom is -0.394 e. The molecule has 5 nitrogen and oxygen atoms in total. The van der Waals surface area contributed by atoms with E-state index in [1.807, 2.05) is 0 Å². The van der Waals surface area contributed by atoms with Crippen molar-refractivity contribution in [3.8, 4) is 0 Å². The first-order valence-electron chi connectivity index (χ1n) is 21.5. The van der Waals surface area contributed by atoms with Crippen LogP contribution in [-0.4, -0.2) is 46.1 Å². The number of hydrogen-bond acceptors (Lipinski definition) is 4. The second-order valence-corrected chi connectivity index (χ2v) is 14.9. The molecule has 3 atom stereocenters. The molecule has 0 aliphatic rings. The first kappa shape index (κ1) is 47.1. The lowest BCUT2D eigenvalue weighted by molar-refractivity contribution is -0.124. The topological polar surface area (TPSA) is 89.8 Å². The molecule has 0 aliphatic heterocycles. The number of aliphatic hydroxyl groups excluding tert-OH is 3. The lowest BCUT2D eigenvalue weighted by Crippen LogP contribution is -2.50. The third-order valence-corrected chi connectivity index (χ3v) is 10.1. The molecule has 0 aliphatic carbocycles. The molecule has 5 heteroatoms. The Kier molecular flexibility index (Phi) is 38.1. The van der Waals surface area contributed by atoms with Gasteiger partial charge in [-0.1, -0.05) is 199 Å². The lowest BCUT2D eigenvalue weighted by atomic mass is 9.99. The van der Waals surface area contributed by atoms with Crippen molar-refractivity contribution in [3.05, 3.63) is 12.2 Å². The Balaban J connectivity index is 3.56. The largest absolute Gasteiger partial charge is 0.394 e. The number of carbonyl (C=O) groups is 1. The molecule has 0 rings (SSSR count). The van der Waals surface area contributed by atoms with Gasteiger partial charge >= 0.3 is 0 Å². The molecule has 0 bridgehead atoms. The van der Waals surface area contributed by atoms with E-state index < -0.39 is 18.2 Å². The van der Waals surface area contributed by atoms with Crippen LogP contribution in [0.2, 0.25) is 0 Å². The van der Waals surface area contributed by atoms with Crippen LogP contribution in [0.1, 0.15) is 232 Å². The van der Waals surface area contributed by atoms with E-state index in [2.05, 4.69) is 31.3 Å². The predicted octanol–water partition coefficient (Wildman–Crippen LogP) is 12.0. The Morgan fingerprint density at radius 3 is 1.21 bits per heavy atom. The quantitative estimate of drug-likeness (QED) is 0.0384. The van der Waals surface area contributed by atoms with Gasteiger partial charge in [0.25, 0.3) is 0 Å². The van der Waals surface area contributed by atoms with Crippen molar-refractivity contribution in [2.45, 2.75) is 250 Å². The molecule has 1 amide bonds. The third kappa shape index (κ3) is 33.6. The standard InChI is InChI=1S/C43H85NO4/c1-3-5-7-9-11-13-15-16-17-18-19-20-21-22-23-24-25-26-27-28-30-32-34-36-38-42(47)44-40(39-45)43(48)41(46)37-35-33-31-29-14-12-10-8-6-4-2/h22-23,40-41,43,45-46,48H,3-21,24-39H2,1-2H3,(H,44,47)/b23-22-. The summed E-state index contributed by atoms with van der Waals surface area (Å²) in [6.07, 6.45) is 44.7. The van der Waals surface area contributed by atoms with E-state index in [1.54, 1.807) is 0 Å². The van der Waals surface area contributed by atoms with E-state index in [9.17, 15) is 20.1 Å².